The van der Waals surface area contributed by atoms with Gasteiger partial charge in [-0.15, -0.1) is 11.6 Å². The van der Waals surface area contributed by atoms with Crippen LogP contribution in [0.5, 0.6) is 0 Å². The lowest BCUT2D eigenvalue weighted by molar-refractivity contribution is 0.182. The summed E-state index contributed by atoms with van der Waals surface area (Å²) in [5.41, 5.74) is 1.21. The topological polar surface area (TPSA) is 27.1 Å². The predicted octanol–water partition coefficient (Wildman–Crippen LogP) is 3.63. The zero-order chi connectivity index (χ0) is 12.7. The van der Waals surface area contributed by atoms with Crippen molar-refractivity contribution in [1.82, 2.24) is 9.78 Å². The third-order valence-electron chi connectivity index (χ3n) is 2.70. The van der Waals surface area contributed by atoms with Crippen LogP contribution in [0.15, 0.2) is 10.7 Å². The zero-order valence-electron chi connectivity index (χ0n) is 10.5. The minimum Gasteiger partial charge on any atom is -0.383 e. The maximum atomic E-state index is 6.24. The summed E-state index contributed by atoms with van der Waals surface area (Å²) in [6.07, 6.45) is 6.00. The Kier molecular flexibility index (Phi) is 7.16. The Morgan fingerprint density at radius 2 is 2.29 bits per heavy atom. The molecule has 1 aromatic heterocycles. The van der Waals surface area contributed by atoms with Crippen molar-refractivity contribution < 1.29 is 4.74 Å². The van der Waals surface area contributed by atoms with E-state index in [1.54, 1.807) is 7.11 Å². The molecule has 1 heterocycles. The lowest BCUT2D eigenvalue weighted by atomic mass is 10.1. The van der Waals surface area contributed by atoms with E-state index in [1.165, 1.54) is 5.69 Å². The van der Waals surface area contributed by atoms with Gasteiger partial charge in [0, 0.05) is 12.5 Å². The number of hydrogen-bond donors (Lipinski definition) is 0. The minimum absolute atomic E-state index is 0.262. The molecule has 0 bridgehead atoms. The van der Waals surface area contributed by atoms with Gasteiger partial charge in [0.15, 0.2) is 0 Å². The van der Waals surface area contributed by atoms with Crippen LogP contribution in [0.1, 0.15) is 31.9 Å². The lowest BCUT2D eigenvalue weighted by Crippen LogP contribution is -2.11. The zero-order valence-corrected chi connectivity index (χ0v) is 12.8. The highest BCUT2D eigenvalue weighted by molar-refractivity contribution is 9.10. The van der Waals surface area contributed by atoms with Crippen LogP contribution >= 0.6 is 27.5 Å². The SMILES string of the molecule is CCCC(Cl)CCc1c(Br)cnn1CCOC. The van der Waals surface area contributed by atoms with E-state index in [9.17, 15) is 0 Å². The maximum absolute atomic E-state index is 6.24. The average Bonchev–Trinajstić information content (AvgIpc) is 2.65. The molecule has 98 valence electrons. The average molecular weight is 324 g/mol. The number of ether oxygens (including phenoxy) is 1. The van der Waals surface area contributed by atoms with E-state index in [0.29, 0.717) is 6.61 Å². The molecule has 1 rings (SSSR count). The van der Waals surface area contributed by atoms with Gasteiger partial charge in [0.1, 0.15) is 0 Å². The molecule has 1 aromatic rings. The fraction of sp³-hybridized carbons (Fsp3) is 0.750. The van der Waals surface area contributed by atoms with Gasteiger partial charge in [0.25, 0.3) is 0 Å². The van der Waals surface area contributed by atoms with Crippen LogP contribution in [0, 0.1) is 0 Å². The van der Waals surface area contributed by atoms with Gasteiger partial charge < -0.3 is 4.74 Å². The van der Waals surface area contributed by atoms with Crippen molar-refractivity contribution in [3.63, 3.8) is 0 Å². The molecule has 0 aliphatic heterocycles. The molecular formula is C12H20BrClN2O. The van der Waals surface area contributed by atoms with Gasteiger partial charge >= 0.3 is 0 Å². The Balaban J connectivity index is 2.53. The van der Waals surface area contributed by atoms with Crippen molar-refractivity contribution in [2.24, 2.45) is 0 Å². The Labute approximate surface area is 117 Å². The van der Waals surface area contributed by atoms with Crippen LogP contribution in [0.2, 0.25) is 0 Å². The summed E-state index contributed by atoms with van der Waals surface area (Å²) in [6, 6.07) is 0. The van der Waals surface area contributed by atoms with Crippen molar-refractivity contribution >= 4 is 27.5 Å². The van der Waals surface area contributed by atoms with Crippen molar-refractivity contribution in [2.45, 2.75) is 44.5 Å². The Morgan fingerprint density at radius 3 is 2.94 bits per heavy atom. The molecule has 1 unspecified atom stereocenters. The summed E-state index contributed by atoms with van der Waals surface area (Å²) in [4.78, 5) is 0. The van der Waals surface area contributed by atoms with Crippen LogP contribution in [0.25, 0.3) is 0 Å². The van der Waals surface area contributed by atoms with Gasteiger partial charge in [-0.25, -0.2) is 0 Å². The van der Waals surface area contributed by atoms with Gasteiger partial charge in [-0.2, -0.15) is 5.10 Å². The maximum Gasteiger partial charge on any atom is 0.0658 e. The second kappa shape index (κ2) is 8.11. The second-order valence-electron chi connectivity index (χ2n) is 4.08. The van der Waals surface area contributed by atoms with E-state index in [1.807, 2.05) is 10.9 Å². The smallest absolute Gasteiger partial charge is 0.0658 e. The summed E-state index contributed by atoms with van der Waals surface area (Å²) in [5.74, 6) is 0. The Bertz CT molecular complexity index is 330. The van der Waals surface area contributed by atoms with E-state index in [4.69, 9.17) is 16.3 Å². The molecule has 5 heteroatoms. The second-order valence-corrected chi connectivity index (χ2v) is 5.55. The standard InChI is InChI=1S/C12H20BrClN2O/c1-3-4-10(14)5-6-12-11(13)9-15-16(12)7-8-17-2/h9-10H,3-8H2,1-2H3. The molecule has 0 saturated heterocycles. The molecule has 0 saturated carbocycles. The van der Waals surface area contributed by atoms with Crippen LogP contribution in [-0.4, -0.2) is 28.9 Å². The largest absolute Gasteiger partial charge is 0.383 e. The molecular weight excluding hydrogens is 304 g/mol. The van der Waals surface area contributed by atoms with Gasteiger partial charge in [-0.1, -0.05) is 13.3 Å². The molecule has 0 N–H and O–H groups in total. The number of nitrogens with zero attached hydrogens (tertiary/aromatic N) is 2. The molecule has 1 atom stereocenters. The lowest BCUT2D eigenvalue weighted by Gasteiger charge is -2.10. The number of hydrogen-bond acceptors (Lipinski definition) is 2. The molecule has 3 nitrogen and oxygen atoms in total. The van der Waals surface area contributed by atoms with E-state index in [-0.39, 0.29) is 5.38 Å². The number of halogens is 2. The molecule has 0 amide bonds. The first-order chi connectivity index (χ1) is 8.19. The van der Waals surface area contributed by atoms with Crippen molar-refractivity contribution in [3.05, 3.63) is 16.4 Å². The number of aromatic nitrogens is 2. The van der Waals surface area contributed by atoms with E-state index in [0.717, 1.165) is 36.7 Å². The van der Waals surface area contributed by atoms with Crippen molar-refractivity contribution in [1.29, 1.82) is 0 Å². The Hall–Kier alpha value is -0.0600. The summed E-state index contributed by atoms with van der Waals surface area (Å²) in [6.45, 7) is 3.63. The fourth-order valence-corrected chi connectivity index (χ4v) is 2.58. The van der Waals surface area contributed by atoms with Crippen molar-refractivity contribution in [3.8, 4) is 0 Å². The first-order valence-corrected chi connectivity index (χ1v) is 7.25. The number of rotatable bonds is 8. The van der Waals surface area contributed by atoms with Gasteiger partial charge in [0.2, 0.25) is 0 Å². The first kappa shape index (κ1) is 15.0. The van der Waals surface area contributed by atoms with E-state index >= 15 is 0 Å². The molecule has 17 heavy (non-hydrogen) atoms. The Morgan fingerprint density at radius 1 is 1.53 bits per heavy atom. The molecule has 0 aliphatic rings. The molecule has 0 fully saturated rings. The highest BCUT2D eigenvalue weighted by Crippen LogP contribution is 2.20. The fourth-order valence-electron chi connectivity index (χ4n) is 1.76. The number of methoxy groups -OCH3 is 1. The third kappa shape index (κ3) is 4.98. The highest BCUT2D eigenvalue weighted by atomic mass is 79.9. The molecule has 0 spiro atoms. The van der Waals surface area contributed by atoms with Gasteiger partial charge in [0.05, 0.1) is 29.5 Å². The third-order valence-corrected chi connectivity index (χ3v) is 3.80. The summed E-state index contributed by atoms with van der Waals surface area (Å²) < 4.78 is 8.13. The van der Waals surface area contributed by atoms with Crippen LogP contribution < -0.4 is 0 Å². The van der Waals surface area contributed by atoms with Crippen LogP contribution in [-0.2, 0) is 17.7 Å². The molecule has 0 aromatic carbocycles. The monoisotopic (exact) mass is 322 g/mol. The summed E-state index contributed by atoms with van der Waals surface area (Å²) in [5, 5.41) is 4.59. The van der Waals surface area contributed by atoms with Gasteiger partial charge in [-0.3, -0.25) is 4.68 Å². The molecule has 0 radical (unpaired) electrons. The van der Waals surface area contributed by atoms with E-state index in [2.05, 4.69) is 28.0 Å². The quantitative estimate of drug-likeness (QED) is 0.683. The van der Waals surface area contributed by atoms with E-state index < -0.39 is 0 Å². The minimum atomic E-state index is 0.262. The highest BCUT2D eigenvalue weighted by Gasteiger charge is 2.11. The summed E-state index contributed by atoms with van der Waals surface area (Å²) in [7, 11) is 1.70. The number of alkyl halides is 1. The summed E-state index contributed by atoms with van der Waals surface area (Å²) >= 11 is 9.77. The molecule has 0 aliphatic carbocycles. The van der Waals surface area contributed by atoms with Crippen LogP contribution in [0.3, 0.4) is 0 Å². The van der Waals surface area contributed by atoms with Gasteiger partial charge in [-0.05, 0) is 35.2 Å². The van der Waals surface area contributed by atoms with Crippen molar-refractivity contribution in [2.75, 3.05) is 13.7 Å². The predicted molar refractivity (Wildman–Crippen MR) is 74.7 cm³/mol. The normalized spacial score (nSPS) is 12.9. The first-order valence-electron chi connectivity index (χ1n) is 6.02. The van der Waals surface area contributed by atoms with Crippen LogP contribution in [0.4, 0.5) is 0 Å².